The molecule has 1 aromatic heterocycles. The second-order valence-electron chi connectivity index (χ2n) is 6.66. The van der Waals surface area contributed by atoms with Crippen molar-refractivity contribution in [2.24, 2.45) is 0 Å². The van der Waals surface area contributed by atoms with Crippen LogP contribution in [0.1, 0.15) is 28.7 Å². The zero-order chi connectivity index (χ0) is 20.8. The molecule has 0 aliphatic heterocycles. The summed E-state index contributed by atoms with van der Waals surface area (Å²) in [7, 11) is 0. The fourth-order valence-corrected chi connectivity index (χ4v) is 3.17. The fourth-order valence-electron chi connectivity index (χ4n) is 3.17. The van der Waals surface area contributed by atoms with Gasteiger partial charge in [-0.15, -0.1) is 0 Å². The predicted molar refractivity (Wildman–Crippen MR) is 114 cm³/mol. The van der Waals surface area contributed by atoms with Crippen LogP contribution in [-0.4, -0.2) is 29.5 Å². The predicted octanol–water partition coefficient (Wildman–Crippen LogP) is 3.86. The maximum atomic E-state index is 12.4. The van der Waals surface area contributed by atoms with Gasteiger partial charge in [-0.25, -0.2) is 0 Å². The molecule has 6 heteroatoms. The van der Waals surface area contributed by atoms with Crippen LogP contribution in [-0.2, 0) is 4.79 Å². The first kappa shape index (κ1) is 20.2. The molecular formula is C23H25N3O3. The first-order chi connectivity index (χ1) is 14.0. The highest BCUT2D eigenvalue weighted by molar-refractivity contribution is 6.00. The van der Waals surface area contributed by atoms with Crippen molar-refractivity contribution in [1.29, 1.82) is 0 Å². The second kappa shape index (κ2) is 9.10. The minimum Gasteiger partial charge on any atom is -0.493 e. The van der Waals surface area contributed by atoms with Crippen LogP contribution in [0.15, 0.2) is 60.7 Å². The average Bonchev–Trinajstić information content (AvgIpc) is 3.06. The quantitative estimate of drug-likeness (QED) is 0.642. The molecule has 150 valence electrons. The van der Waals surface area contributed by atoms with E-state index in [0.29, 0.717) is 23.6 Å². The molecule has 3 rings (SSSR count). The Morgan fingerprint density at radius 1 is 0.931 bits per heavy atom. The van der Waals surface area contributed by atoms with Gasteiger partial charge in [0, 0.05) is 22.8 Å². The van der Waals surface area contributed by atoms with Gasteiger partial charge in [0.25, 0.3) is 5.91 Å². The topological polar surface area (TPSA) is 72.4 Å². The van der Waals surface area contributed by atoms with E-state index in [-0.39, 0.29) is 18.4 Å². The highest BCUT2D eigenvalue weighted by Gasteiger charge is 2.13. The summed E-state index contributed by atoms with van der Waals surface area (Å²) in [4.78, 5) is 24.6. The van der Waals surface area contributed by atoms with E-state index in [1.807, 2.05) is 31.2 Å². The largest absolute Gasteiger partial charge is 0.493 e. The minimum absolute atomic E-state index is 0.128. The lowest BCUT2D eigenvalue weighted by molar-refractivity contribution is -0.115. The van der Waals surface area contributed by atoms with Crippen molar-refractivity contribution in [3.05, 3.63) is 77.6 Å². The lowest BCUT2D eigenvalue weighted by Crippen LogP contribution is -2.33. The zero-order valence-corrected chi connectivity index (χ0v) is 16.9. The Balaban J connectivity index is 1.58. The van der Waals surface area contributed by atoms with E-state index >= 15 is 0 Å². The zero-order valence-electron chi connectivity index (χ0n) is 16.9. The smallest absolute Gasteiger partial charge is 0.255 e. The first-order valence-electron chi connectivity index (χ1n) is 9.55. The number of ether oxygens (including phenoxy) is 1. The normalized spacial score (nSPS) is 10.4. The lowest BCUT2D eigenvalue weighted by Gasteiger charge is -2.12. The number of carbonyl (C=O) groups is 2. The van der Waals surface area contributed by atoms with Crippen LogP contribution >= 0.6 is 0 Å². The molecule has 0 aliphatic carbocycles. The Morgan fingerprint density at radius 2 is 1.59 bits per heavy atom. The van der Waals surface area contributed by atoms with E-state index in [1.165, 1.54) is 0 Å². The van der Waals surface area contributed by atoms with E-state index in [1.54, 1.807) is 24.3 Å². The van der Waals surface area contributed by atoms with Crippen molar-refractivity contribution >= 4 is 17.5 Å². The Bertz CT molecular complexity index is 987. The Kier molecular flexibility index (Phi) is 6.34. The van der Waals surface area contributed by atoms with Crippen molar-refractivity contribution in [1.82, 2.24) is 9.88 Å². The summed E-state index contributed by atoms with van der Waals surface area (Å²) in [6.07, 6.45) is 0. The second-order valence-corrected chi connectivity index (χ2v) is 6.66. The van der Waals surface area contributed by atoms with Gasteiger partial charge in [-0.05, 0) is 69.3 Å². The highest BCUT2D eigenvalue weighted by atomic mass is 16.5. The third-order valence-corrected chi connectivity index (χ3v) is 4.52. The van der Waals surface area contributed by atoms with Gasteiger partial charge in [-0.3, -0.25) is 9.59 Å². The maximum absolute atomic E-state index is 12.4. The van der Waals surface area contributed by atoms with E-state index in [9.17, 15) is 9.59 Å². The van der Waals surface area contributed by atoms with Crippen LogP contribution in [0.25, 0.3) is 5.69 Å². The molecule has 0 fully saturated rings. The van der Waals surface area contributed by atoms with Gasteiger partial charge in [-0.1, -0.05) is 12.1 Å². The van der Waals surface area contributed by atoms with Gasteiger partial charge in [-0.2, -0.15) is 0 Å². The molecule has 6 nitrogen and oxygen atoms in total. The van der Waals surface area contributed by atoms with Crippen LogP contribution in [0.2, 0.25) is 0 Å². The first-order valence-corrected chi connectivity index (χ1v) is 9.55. The van der Waals surface area contributed by atoms with Gasteiger partial charge in [0.2, 0.25) is 5.91 Å². The number of carbonyl (C=O) groups excluding carboxylic acids is 2. The standard InChI is InChI=1S/C23H25N3O3/c1-4-29-21-8-6-5-7-20(21)23(28)24-15-22(27)25-18-11-13-19(14-12-18)26-16(2)9-10-17(26)3/h5-14H,4,15H2,1-3H3,(H,24,28)(H,25,27). The van der Waals surface area contributed by atoms with Gasteiger partial charge in [0.05, 0.1) is 18.7 Å². The third kappa shape index (κ3) is 4.85. The molecule has 0 aliphatic rings. The molecule has 2 N–H and O–H groups in total. The molecule has 0 radical (unpaired) electrons. The van der Waals surface area contributed by atoms with Crippen LogP contribution < -0.4 is 15.4 Å². The van der Waals surface area contributed by atoms with Crippen LogP contribution in [0.5, 0.6) is 5.75 Å². The number of amides is 2. The van der Waals surface area contributed by atoms with Crippen molar-refractivity contribution in [2.75, 3.05) is 18.5 Å². The van der Waals surface area contributed by atoms with Crippen molar-refractivity contribution in [3.63, 3.8) is 0 Å². The number of benzene rings is 2. The molecule has 0 bridgehead atoms. The van der Waals surface area contributed by atoms with E-state index < -0.39 is 0 Å². The number of nitrogens with one attached hydrogen (secondary N) is 2. The van der Waals surface area contributed by atoms with Crippen molar-refractivity contribution < 1.29 is 14.3 Å². The molecular weight excluding hydrogens is 366 g/mol. The SMILES string of the molecule is CCOc1ccccc1C(=O)NCC(=O)Nc1ccc(-n2c(C)ccc2C)cc1. The molecule has 3 aromatic rings. The number of nitrogens with zero attached hydrogens (tertiary/aromatic N) is 1. The summed E-state index contributed by atoms with van der Waals surface area (Å²) in [6.45, 7) is 6.29. The number of aromatic nitrogens is 1. The number of para-hydroxylation sites is 1. The molecule has 0 unspecified atom stereocenters. The summed E-state index contributed by atoms with van der Waals surface area (Å²) in [5, 5.41) is 5.43. The summed E-state index contributed by atoms with van der Waals surface area (Å²) >= 11 is 0. The van der Waals surface area contributed by atoms with Gasteiger partial charge >= 0.3 is 0 Å². The van der Waals surface area contributed by atoms with Crippen LogP contribution in [0.4, 0.5) is 5.69 Å². The third-order valence-electron chi connectivity index (χ3n) is 4.52. The monoisotopic (exact) mass is 391 g/mol. The van der Waals surface area contributed by atoms with E-state index in [4.69, 9.17) is 4.74 Å². The Morgan fingerprint density at radius 3 is 2.24 bits per heavy atom. The van der Waals surface area contributed by atoms with Crippen molar-refractivity contribution in [3.8, 4) is 11.4 Å². The molecule has 0 saturated carbocycles. The summed E-state index contributed by atoms with van der Waals surface area (Å²) in [5.41, 5.74) is 4.40. The summed E-state index contributed by atoms with van der Waals surface area (Å²) < 4.78 is 7.60. The number of rotatable bonds is 7. The van der Waals surface area contributed by atoms with Gasteiger partial charge in [0.1, 0.15) is 5.75 Å². The number of hydrogen-bond acceptors (Lipinski definition) is 3. The van der Waals surface area contributed by atoms with Crippen LogP contribution in [0, 0.1) is 13.8 Å². The summed E-state index contributed by atoms with van der Waals surface area (Å²) in [6, 6.07) is 18.7. The molecule has 2 aromatic carbocycles. The highest BCUT2D eigenvalue weighted by Crippen LogP contribution is 2.19. The fraction of sp³-hybridized carbons (Fsp3) is 0.217. The molecule has 0 saturated heterocycles. The molecule has 2 amide bonds. The molecule has 0 spiro atoms. The minimum atomic E-state index is -0.349. The summed E-state index contributed by atoms with van der Waals surface area (Å²) in [5.74, 6) is -0.148. The number of aryl methyl sites for hydroxylation is 2. The van der Waals surface area contributed by atoms with Crippen molar-refractivity contribution in [2.45, 2.75) is 20.8 Å². The molecule has 29 heavy (non-hydrogen) atoms. The van der Waals surface area contributed by atoms with Crippen LogP contribution in [0.3, 0.4) is 0 Å². The number of hydrogen-bond donors (Lipinski definition) is 2. The Hall–Kier alpha value is -3.54. The Labute approximate surface area is 170 Å². The maximum Gasteiger partial charge on any atom is 0.255 e. The lowest BCUT2D eigenvalue weighted by atomic mass is 10.2. The van der Waals surface area contributed by atoms with E-state index in [0.717, 1.165) is 17.1 Å². The van der Waals surface area contributed by atoms with Gasteiger partial charge < -0.3 is 19.9 Å². The van der Waals surface area contributed by atoms with E-state index in [2.05, 4.69) is 41.2 Å². The molecule has 0 atom stereocenters. The average molecular weight is 391 g/mol. The number of anilines is 1. The van der Waals surface area contributed by atoms with Gasteiger partial charge in [0.15, 0.2) is 0 Å². The molecule has 1 heterocycles.